The second-order valence-corrected chi connectivity index (χ2v) is 5.32. The summed E-state index contributed by atoms with van der Waals surface area (Å²) in [6.07, 6.45) is 2.80. The second-order valence-electron chi connectivity index (χ2n) is 5.32. The van der Waals surface area contributed by atoms with Gasteiger partial charge in [0.1, 0.15) is 12.0 Å². The van der Waals surface area contributed by atoms with Gasteiger partial charge in [-0.3, -0.25) is 20.0 Å². The van der Waals surface area contributed by atoms with E-state index >= 15 is 0 Å². The fourth-order valence-electron chi connectivity index (χ4n) is 2.55. The monoisotopic (exact) mass is 316 g/mol. The van der Waals surface area contributed by atoms with Crippen LogP contribution in [0.15, 0.2) is 24.5 Å². The Bertz CT molecular complexity index is 718. The molecule has 0 saturated carbocycles. The molecular weight excluding hydrogens is 300 g/mol. The number of aromatic nitrogens is 3. The topological polar surface area (TPSA) is 108 Å². The number of rotatable bonds is 3. The number of nitrogens with one attached hydrogen (secondary N) is 1. The lowest BCUT2D eigenvalue weighted by Crippen LogP contribution is -2.49. The predicted molar refractivity (Wildman–Crippen MR) is 82.3 cm³/mol. The van der Waals surface area contributed by atoms with E-state index in [9.17, 15) is 14.9 Å². The minimum absolute atomic E-state index is 0.0296. The zero-order valence-electron chi connectivity index (χ0n) is 12.6. The molecule has 0 radical (unpaired) electrons. The van der Waals surface area contributed by atoms with Crippen molar-refractivity contribution < 1.29 is 9.72 Å². The van der Waals surface area contributed by atoms with Crippen LogP contribution in [-0.2, 0) is 0 Å². The summed E-state index contributed by atoms with van der Waals surface area (Å²) in [5.41, 5.74) is 1.32. The van der Waals surface area contributed by atoms with Gasteiger partial charge in [-0.2, -0.15) is 5.10 Å². The number of H-pyrrole nitrogens is 1. The zero-order valence-corrected chi connectivity index (χ0v) is 12.6. The Morgan fingerprint density at radius 1 is 1.26 bits per heavy atom. The Balaban J connectivity index is 1.63. The van der Waals surface area contributed by atoms with Crippen LogP contribution >= 0.6 is 0 Å². The number of hydrogen-bond acceptors (Lipinski definition) is 6. The number of nitro groups is 1. The highest BCUT2D eigenvalue weighted by atomic mass is 16.6. The molecule has 2 aromatic rings. The van der Waals surface area contributed by atoms with E-state index in [1.54, 1.807) is 17.2 Å². The van der Waals surface area contributed by atoms with E-state index in [1.165, 1.54) is 12.3 Å². The first-order valence-electron chi connectivity index (χ1n) is 7.21. The average Bonchev–Trinajstić information content (AvgIpc) is 3.00. The van der Waals surface area contributed by atoms with Gasteiger partial charge in [-0.25, -0.2) is 4.98 Å². The summed E-state index contributed by atoms with van der Waals surface area (Å²) < 4.78 is 0. The third kappa shape index (κ3) is 2.98. The standard InChI is InChI=1S/C14H16N6O3/c1-10-12(9-16-17-10)14(21)19-6-4-18(5-7-19)13-3-2-11(8-15-13)20(22)23/h2-3,8-9H,4-7H2,1H3,(H,16,17). The highest BCUT2D eigenvalue weighted by Crippen LogP contribution is 2.18. The fraction of sp³-hybridized carbons (Fsp3) is 0.357. The smallest absolute Gasteiger partial charge is 0.287 e. The van der Waals surface area contributed by atoms with E-state index in [0.717, 1.165) is 5.69 Å². The molecule has 1 N–H and O–H groups in total. The normalized spacial score (nSPS) is 14.8. The number of piperazine rings is 1. The first-order chi connectivity index (χ1) is 11.1. The van der Waals surface area contributed by atoms with Crippen LogP contribution in [0.5, 0.6) is 0 Å². The van der Waals surface area contributed by atoms with Gasteiger partial charge >= 0.3 is 0 Å². The maximum atomic E-state index is 12.4. The summed E-state index contributed by atoms with van der Waals surface area (Å²) in [6.45, 7) is 4.22. The summed E-state index contributed by atoms with van der Waals surface area (Å²) in [4.78, 5) is 30.5. The van der Waals surface area contributed by atoms with E-state index < -0.39 is 4.92 Å². The van der Waals surface area contributed by atoms with Crippen molar-refractivity contribution in [2.24, 2.45) is 0 Å². The molecule has 0 aliphatic carbocycles. The fourth-order valence-corrected chi connectivity index (χ4v) is 2.55. The molecule has 1 fully saturated rings. The molecule has 2 aromatic heterocycles. The molecule has 0 atom stereocenters. The quantitative estimate of drug-likeness (QED) is 0.668. The summed E-state index contributed by atoms with van der Waals surface area (Å²) in [6, 6.07) is 3.07. The van der Waals surface area contributed by atoms with Gasteiger partial charge < -0.3 is 9.80 Å². The second kappa shape index (κ2) is 6.03. The van der Waals surface area contributed by atoms with Crippen molar-refractivity contribution in [3.63, 3.8) is 0 Å². The molecule has 23 heavy (non-hydrogen) atoms. The van der Waals surface area contributed by atoms with Crippen LogP contribution in [0.3, 0.4) is 0 Å². The minimum atomic E-state index is -0.472. The molecule has 3 heterocycles. The number of aryl methyl sites for hydroxylation is 1. The third-order valence-corrected chi connectivity index (χ3v) is 3.89. The van der Waals surface area contributed by atoms with E-state index in [0.29, 0.717) is 37.6 Å². The van der Waals surface area contributed by atoms with Crippen molar-refractivity contribution in [2.75, 3.05) is 31.1 Å². The maximum absolute atomic E-state index is 12.4. The molecule has 0 unspecified atom stereocenters. The van der Waals surface area contributed by atoms with Crippen molar-refractivity contribution in [1.29, 1.82) is 0 Å². The van der Waals surface area contributed by atoms with Gasteiger partial charge in [0.25, 0.3) is 11.6 Å². The molecule has 3 rings (SSSR count). The lowest BCUT2D eigenvalue weighted by molar-refractivity contribution is -0.385. The summed E-state index contributed by atoms with van der Waals surface area (Å²) >= 11 is 0. The van der Waals surface area contributed by atoms with Crippen molar-refractivity contribution >= 4 is 17.4 Å². The van der Waals surface area contributed by atoms with E-state index in [4.69, 9.17) is 0 Å². The molecule has 1 saturated heterocycles. The zero-order chi connectivity index (χ0) is 16.4. The number of carbonyl (C=O) groups excluding carboxylic acids is 1. The molecular formula is C14H16N6O3. The Morgan fingerprint density at radius 2 is 2.00 bits per heavy atom. The van der Waals surface area contributed by atoms with Crippen LogP contribution in [0.25, 0.3) is 0 Å². The molecule has 1 amide bonds. The number of anilines is 1. The van der Waals surface area contributed by atoms with E-state index in [2.05, 4.69) is 15.2 Å². The van der Waals surface area contributed by atoms with Crippen molar-refractivity contribution in [1.82, 2.24) is 20.1 Å². The lowest BCUT2D eigenvalue weighted by atomic mass is 10.2. The van der Waals surface area contributed by atoms with Crippen molar-refractivity contribution in [2.45, 2.75) is 6.92 Å². The first-order valence-corrected chi connectivity index (χ1v) is 7.21. The van der Waals surface area contributed by atoms with Gasteiger partial charge in [0.2, 0.25) is 0 Å². The molecule has 9 nitrogen and oxygen atoms in total. The lowest BCUT2D eigenvalue weighted by Gasteiger charge is -2.35. The number of pyridine rings is 1. The van der Waals surface area contributed by atoms with Gasteiger partial charge in [0, 0.05) is 37.9 Å². The average molecular weight is 316 g/mol. The predicted octanol–water partition coefficient (Wildman–Crippen LogP) is 0.984. The summed E-state index contributed by atoms with van der Waals surface area (Å²) in [5, 5.41) is 17.3. The van der Waals surface area contributed by atoms with Crippen molar-refractivity contribution in [3.05, 3.63) is 45.9 Å². The Kier molecular flexibility index (Phi) is 3.92. The molecule has 1 aliphatic heterocycles. The summed E-state index contributed by atoms with van der Waals surface area (Å²) in [7, 11) is 0. The first kappa shape index (κ1) is 14.9. The van der Waals surface area contributed by atoms with Crippen LogP contribution < -0.4 is 4.90 Å². The number of aromatic amines is 1. The van der Waals surface area contributed by atoms with Crippen LogP contribution in [-0.4, -0.2) is 57.1 Å². The van der Waals surface area contributed by atoms with E-state index in [-0.39, 0.29) is 11.6 Å². The largest absolute Gasteiger partial charge is 0.353 e. The maximum Gasteiger partial charge on any atom is 0.287 e. The number of hydrogen-bond donors (Lipinski definition) is 1. The minimum Gasteiger partial charge on any atom is -0.353 e. The van der Waals surface area contributed by atoms with Gasteiger partial charge in [-0.05, 0) is 13.0 Å². The molecule has 0 spiro atoms. The Morgan fingerprint density at radius 3 is 2.52 bits per heavy atom. The summed E-state index contributed by atoms with van der Waals surface area (Å²) in [5.74, 6) is 0.648. The van der Waals surface area contributed by atoms with Crippen LogP contribution in [0.1, 0.15) is 16.1 Å². The van der Waals surface area contributed by atoms with Gasteiger partial charge in [-0.1, -0.05) is 0 Å². The van der Waals surface area contributed by atoms with Crippen LogP contribution in [0.2, 0.25) is 0 Å². The SMILES string of the molecule is Cc1[nH]ncc1C(=O)N1CCN(c2ccc([N+](=O)[O-])cn2)CC1. The Labute approximate surface area is 132 Å². The van der Waals surface area contributed by atoms with Gasteiger partial charge in [0.05, 0.1) is 16.7 Å². The number of amides is 1. The van der Waals surface area contributed by atoms with Gasteiger partial charge in [-0.15, -0.1) is 0 Å². The number of carbonyl (C=O) groups is 1. The number of nitrogens with zero attached hydrogens (tertiary/aromatic N) is 5. The molecule has 9 heteroatoms. The molecule has 0 aromatic carbocycles. The van der Waals surface area contributed by atoms with Crippen LogP contribution in [0.4, 0.5) is 11.5 Å². The molecule has 0 bridgehead atoms. The Hall–Kier alpha value is -2.97. The molecule has 120 valence electrons. The van der Waals surface area contributed by atoms with E-state index in [1.807, 2.05) is 11.8 Å². The van der Waals surface area contributed by atoms with Gasteiger partial charge in [0.15, 0.2) is 0 Å². The highest BCUT2D eigenvalue weighted by molar-refractivity contribution is 5.95. The molecule has 1 aliphatic rings. The van der Waals surface area contributed by atoms with Crippen LogP contribution in [0, 0.1) is 17.0 Å². The third-order valence-electron chi connectivity index (χ3n) is 3.89. The highest BCUT2D eigenvalue weighted by Gasteiger charge is 2.24. The van der Waals surface area contributed by atoms with Crippen molar-refractivity contribution in [3.8, 4) is 0 Å².